The zero-order chi connectivity index (χ0) is 19.0. The van der Waals surface area contributed by atoms with Crippen LogP contribution in [-0.4, -0.2) is 64.8 Å². The number of rotatable bonds is 5. The largest absolute Gasteiger partial charge is 0.491 e. The molecular formula is C17H22N2O6. The topological polar surface area (TPSA) is 109 Å². The Balaban J connectivity index is 0.000000450. The number of carboxylic acid groups (broad SMARTS) is 2. The second kappa shape index (κ2) is 9.43. The number of aliphatic carboxylic acids is 2. The average molecular weight is 350 g/mol. The minimum atomic E-state index is -1.82. The summed E-state index contributed by atoms with van der Waals surface area (Å²) in [4.78, 5) is 31.9. The predicted molar refractivity (Wildman–Crippen MR) is 92.2 cm³/mol. The summed E-state index contributed by atoms with van der Waals surface area (Å²) in [5, 5.41) is 15.8. The average Bonchev–Trinajstić information content (AvgIpc) is 2.91. The molecule has 0 amide bonds. The van der Waals surface area contributed by atoms with Crippen LogP contribution in [0, 0.1) is 0 Å². The first-order valence-electron chi connectivity index (χ1n) is 7.58. The Bertz CT molecular complexity index is 739. The number of hydrogen-bond donors (Lipinski definition) is 2. The summed E-state index contributed by atoms with van der Waals surface area (Å²) in [6.07, 6.45) is 2.75. The molecule has 0 radical (unpaired) electrons. The van der Waals surface area contributed by atoms with Crippen molar-refractivity contribution in [3.05, 3.63) is 30.5 Å². The number of fused-ring (bicyclic) bond motifs is 1. The van der Waals surface area contributed by atoms with Crippen LogP contribution in [0.3, 0.4) is 0 Å². The zero-order valence-corrected chi connectivity index (χ0v) is 14.4. The Morgan fingerprint density at radius 3 is 2.24 bits per heavy atom. The number of benzene rings is 1. The zero-order valence-electron chi connectivity index (χ0n) is 14.4. The van der Waals surface area contributed by atoms with Gasteiger partial charge in [-0.1, -0.05) is 12.1 Å². The molecule has 0 aliphatic carbocycles. The molecule has 0 aliphatic rings. The summed E-state index contributed by atoms with van der Waals surface area (Å²) in [7, 11) is 4.09. The predicted octanol–water partition coefficient (Wildman–Crippen LogP) is 1.79. The van der Waals surface area contributed by atoms with Crippen molar-refractivity contribution >= 4 is 28.7 Å². The van der Waals surface area contributed by atoms with Gasteiger partial charge >= 0.3 is 11.9 Å². The molecule has 0 fully saturated rings. The highest BCUT2D eigenvalue weighted by Crippen LogP contribution is 2.27. The van der Waals surface area contributed by atoms with Crippen molar-refractivity contribution in [2.75, 3.05) is 27.2 Å². The summed E-state index contributed by atoms with van der Waals surface area (Å²) >= 11 is 0. The van der Waals surface area contributed by atoms with Gasteiger partial charge in [0.25, 0.3) is 0 Å². The van der Waals surface area contributed by atoms with Gasteiger partial charge in [0, 0.05) is 18.9 Å². The van der Waals surface area contributed by atoms with E-state index >= 15 is 0 Å². The maximum Gasteiger partial charge on any atom is 0.414 e. The molecule has 0 unspecified atom stereocenters. The van der Waals surface area contributed by atoms with Crippen LogP contribution in [0.15, 0.2) is 30.5 Å². The van der Waals surface area contributed by atoms with E-state index in [9.17, 15) is 4.79 Å². The lowest BCUT2D eigenvalue weighted by molar-refractivity contribution is -0.159. The Kier molecular flexibility index (Phi) is 7.61. The van der Waals surface area contributed by atoms with Crippen molar-refractivity contribution in [3.63, 3.8) is 0 Å². The molecule has 0 spiro atoms. The molecule has 0 saturated carbocycles. The number of carbonyl (C=O) groups is 3. The van der Waals surface area contributed by atoms with Crippen molar-refractivity contribution in [3.8, 4) is 5.75 Å². The van der Waals surface area contributed by atoms with Gasteiger partial charge in [-0.15, -0.1) is 0 Å². The van der Waals surface area contributed by atoms with E-state index < -0.39 is 11.9 Å². The molecule has 1 aromatic heterocycles. The number of ether oxygens (including phenoxy) is 1. The summed E-state index contributed by atoms with van der Waals surface area (Å²) < 4.78 is 7.44. The number of para-hydroxylation sites is 1. The third-order valence-electron chi connectivity index (χ3n) is 3.20. The monoisotopic (exact) mass is 350 g/mol. The summed E-state index contributed by atoms with van der Waals surface area (Å²) in [5.74, 6) is -2.87. The van der Waals surface area contributed by atoms with E-state index in [1.807, 2.05) is 38.4 Å². The molecule has 2 aromatic rings. The first-order valence-corrected chi connectivity index (χ1v) is 7.58. The summed E-state index contributed by atoms with van der Waals surface area (Å²) in [6.45, 7) is 3.21. The fourth-order valence-electron chi connectivity index (χ4n) is 2.09. The molecule has 1 aromatic carbocycles. The number of aromatic nitrogens is 1. The molecule has 25 heavy (non-hydrogen) atoms. The fourth-order valence-corrected chi connectivity index (χ4v) is 2.09. The van der Waals surface area contributed by atoms with Crippen molar-refractivity contribution in [2.45, 2.75) is 13.3 Å². The van der Waals surface area contributed by atoms with Gasteiger partial charge in [-0.3, -0.25) is 9.36 Å². The van der Waals surface area contributed by atoms with Gasteiger partial charge in [-0.05, 0) is 32.6 Å². The Morgan fingerprint density at radius 2 is 1.72 bits per heavy atom. The molecule has 1 heterocycles. The van der Waals surface area contributed by atoms with Crippen molar-refractivity contribution in [2.24, 2.45) is 0 Å². The van der Waals surface area contributed by atoms with E-state index in [2.05, 4.69) is 4.90 Å². The Hall–Kier alpha value is -2.87. The summed E-state index contributed by atoms with van der Waals surface area (Å²) in [6, 6.07) is 7.80. The van der Waals surface area contributed by atoms with Crippen LogP contribution in [0.1, 0.15) is 18.1 Å². The minimum Gasteiger partial charge on any atom is -0.491 e. The third kappa shape index (κ3) is 6.27. The highest BCUT2D eigenvalue weighted by atomic mass is 16.5. The van der Waals surface area contributed by atoms with Gasteiger partial charge in [-0.25, -0.2) is 9.59 Å². The van der Waals surface area contributed by atoms with Crippen LogP contribution < -0.4 is 4.74 Å². The van der Waals surface area contributed by atoms with Gasteiger partial charge in [-0.2, -0.15) is 0 Å². The van der Waals surface area contributed by atoms with E-state index in [1.165, 1.54) is 0 Å². The van der Waals surface area contributed by atoms with Gasteiger partial charge in [0.05, 0.1) is 18.3 Å². The van der Waals surface area contributed by atoms with Gasteiger partial charge < -0.3 is 19.8 Å². The van der Waals surface area contributed by atoms with Gasteiger partial charge in [0.2, 0.25) is 5.91 Å². The molecule has 8 heteroatoms. The molecule has 0 aliphatic heterocycles. The van der Waals surface area contributed by atoms with Gasteiger partial charge in [0.1, 0.15) is 5.75 Å². The quantitative estimate of drug-likeness (QED) is 0.625. The SMILES string of the molecule is CC(=O)n1cc(OCCCN(C)C)c2ccccc21.O=C(O)C(=O)O. The lowest BCUT2D eigenvalue weighted by Gasteiger charge is -2.09. The molecule has 8 nitrogen and oxygen atoms in total. The van der Waals surface area contributed by atoms with Crippen molar-refractivity contribution in [1.82, 2.24) is 9.47 Å². The molecule has 136 valence electrons. The van der Waals surface area contributed by atoms with Crippen LogP contribution in [0.5, 0.6) is 5.75 Å². The van der Waals surface area contributed by atoms with Crippen LogP contribution in [0.2, 0.25) is 0 Å². The minimum absolute atomic E-state index is 0.000610. The first kappa shape index (κ1) is 20.2. The number of carboxylic acids is 2. The number of hydrogen-bond acceptors (Lipinski definition) is 5. The van der Waals surface area contributed by atoms with Gasteiger partial charge in [0.15, 0.2) is 0 Å². The van der Waals surface area contributed by atoms with Crippen LogP contribution >= 0.6 is 0 Å². The lowest BCUT2D eigenvalue weighted by atomic mass is 10.2. The summed E-state index contributed by atoms with van der Waals surface area (Å²) in [5.41, 5.74) is 0.901. The molecule has 0 saturated heterocycles. The van der Waals surface area contributed by atoms with Crippen LogP contribution in [0.4, 0.5) is 0 Å². The maximum atomic E-state index is 11.6. The highest BCUT2D eigenvalue weighted by molar-refractivity contribution is 6.27. The van der Waals surface area contributed by atoms with Crippen molar-refractivity contribution < 1.29 is 29.3 Å². The smallest absolute Gasteiger partial charge is 0.414 e. The standard InChI is InChI=1S/C15H20N2O2.C2H2O4/c1-12(18)17-11-15(19-10-6-9-16(2)3)13-7-4-5-8-14(13)17;3-1(4)2(5)6/h4-5,7-8,11H,6,9-10H2,1-3H3;(H,3,4)(H,5,6). The van der Waals surface area contributed by atoms with E-state index in [1.54, 1.807) is 17.7 Å². The Morgan fingerprint density at radius 1 is 1.12 bits per heavy atom. The van der Waals surface area contributed by atoms with E-state index in [-0.39, 0.29) is 5.91 Å². The second-order valence-corrected chi connectivity index (χ2v) is 5.52. The fraction of sp³-hybridized carbons (Fsp3) is 0.353. The molecule has 0 atom stereocenters. The number of carbonyl (C=O) groups excluding carboxylic acids is 1. The number of nitrogens with zero attached hydrogens (tertiary/aromatic N) is 2. The van der Waals surface area contributed by atoms with E-state index in [0.717, 1.165) is 29.6 Å². The van der Waals surface area contributed by atoms with E-state index in [4.69, 9.17) is 24.5 Å². The molecular weight excluding hydrogens is 328 g/mol. The normalized spacial score (nSPS) is 10.2. The van der Waals surface area contributed by atoms with E-state index in [0.29, 0.717) is 6.61 Å². The molecule has 2 rings (SSSR count). The molecule has 2 N–H and O–H groups in total. The maximum absolute atomic E-state index is 11.6. The molecule has 0 bridgehead atoms. The second-order valence-electron chi connectivity index (χ2n) is 5.52. The Labute approximate surface area is 145 Å². The van der Waals surface area contributed by atoms with Crippen LogP contribution in [-0.2, 0) is 9.59 Å². The van der Waals surface area contributed by atoms with Crippen LogP contribution in [0.25, 0.3) is 10.9 Å². The lowest BCUT2D eigenvalue weighted by Crippen LogP contribution is -2.15. The third-order valence-corrected chi connectivity index (χ3v) is 3.20. The highest BCUT2D eigenvalue weighted by Gasteiger charge is 2.11. The first-order chi connectivity index (χ1) is 11.7. The van der Waals surface area contributed by atoms with Crippen molar-refractivity contribution in [1.29, 1.82) is 0 Å².